The number of carbonyl (C=O) groups is 1. The summed E-state index contributed by atoms with van der Waals surface area (Å²) in [6.45, 7) is 24.3. The summed E-state index contributed by atoms with van der Waals surface area (Å²) >= 11 is 0. The summed E-state index contributed by atoms with van der Waals surface area (Å²) in [5.74, 6) is 0.834. The molecular formula is C39H63NO6Si. The van der Waals surface area contributed by atoms with Gasteiger partial charge in [-0.1, -0.05) is 97.9 Å². The van der Waals surface area contributed by atoms with E-state index in [9.17, 15) is 9.90 Å². The summed E-state index contributed by atoms with van der Waals surface area (Å²) in [7, 11) is 1.44. The van der Waals surface area contributed by atoms with Crippen molar-refractivity contribution in [2.45, 2.75) is 130 Å². The van der Waals surface area contributed by atoms with Gasteiger partial charge in [-0.3, -0.25) is 4.79 Å². The summed E-state index contributed by atoms with van der Waals surface area (Å²) in [6.07, 6.45) is 0.0630. The van der Waals surface area contributed by atoms with Crippen LogP contribution in [0.15, 0.2) is 54.6 Å². The lowest BCUT2D eigenvalue weighted by Crippen LogP contribution is -2.52. The number of hydrogen-bond donors (Lipinski definition) is 1. The second-order valence-corrected chi connectivity index (χ2v) is 20.3. The van der Waals surface area contributed by atoms with Gasteiger partial charge in [-0.2, -0.15) is 0 Å². The van der Waals surface area contributed by atoms with Crippen molar-refractivity contribution in [1.29, 1.82) is 0 Å². The van der Waals surface area contributed by atoms with E-state index in [2.05, 4.69) is 61.6 Å². The van der Waals surface area contributed by atoms with Crippen LogP contribution >= 0.6 is 0 Å². The normalized spacial score (nSPS) is 24.5. The first-order chi connectivity index (χ1) is 21.9. The highest BCUT2D eigenvalue weighted by atomic mass is 28.4. The highest BCUT2D eigenvalue weighted by molar-refractivity contribution is 6.74. The molecule has 1 amide bonds. The van der Waals surface area contributed by atoms with Crippen molar-refractivity contribution in [3.63, 3.8) is 0 Å². The molecule has 0 radical (unpaired) electrons. The Morgan fingerprint density at radius 2 is 1.55 bits per heavy atom. The summed E-state index contributed by atoms with van der Waals surface area (Å²) in [6, 6.07) is 17.0. The predicted octanol–water partition coefficient (Wildman–Crippen LogP) is 8.79. The van der Waals surface area contributed by atoms with Gasteiger partial charge < -0.3 is 28.6 Å². The van der Waals surface area contributed by atoms with E-state index in [1.807, 2.05) is 68.4 Å². The van der Waals surface area contributed by atoms with Gasteiger partial charge in [0.25, 0.3) is 0 Å². The zero-order valence-electron chi connectivity index (χ0n) is 31.3. The van der Waals surface area contributed by atoms with Crippen molar-refractivity contribution in [2.24, 2.45) is 23.7 Å². The van der Waals surface area contributed by atoms with Crippen LogP contribution in [0.1, 0.15) is 98.7 Å². The van der Waals surface area contributed by atoms with Crippen LogP contribution in [0.25, 0.3) is 0 Å². The van der Waals surface area contributed by atoms with E-state index in [0.717, 1.165) is 23.3 Å². The number of aliphatic hydroxyl groups excluding tert-OH is 1. The number of methoxy groups -OCH3 is 1. The molecule has 0 saturated carbocycles. The molecule has 0 spiro atoms. The maximum atomic E-state index is 13.7. The van der Waals surface area contributed by atoms with Crippen LogP contribution in [-0.2, 0) is 18.7 Å². The molecule has 0 bridgehead atoms. The van der Waals surface area contributed by atoms with Gasteiger partial charge >= 0.3 is 0 Å². The summed E-state index contributed by atoms with van der Waals surface area (Å²) < 4.78 is 26.1. The fraction of sp³-hybridized carbons (Fsp3) is 0.667. The number of nitrogens with zero attached hydrogens (tertiary/aromatic N) is 1. The lowest BCUT2D eigenvalue weighted by atomic mass is 9.78. The molecule has 0 aromatic heterocycles. The summed E-state index contributed by atoms with van der Waals surface area (Å²) in [5.41, 5.74) is 1.75. The van der Waals surface area contributed by atoms with Crippen LogP contribution in [-0.4, -0.2) is 62.7 Å². The molecule has 1 aliphatic heterocycles. The van der Waals surface area contributed by atoms with E-state index >= 15 is 0 Å². The monoisotopic (exact) mass is 669 g/mol. The Bertz CT molecular complexity index is 1250. The first kappa shape index (κ1) is 39.2. The molecule has 0 unspecified atom stereocenters. The molecule has 10 atom stereocenters. The van der Waals surface area contributed by atoms with E-state index in [1.54, 1.807) is 19.1 Å². The third-order valence-corrected chi connectivity index (χ3v) is 15.5. The number of hydrogen-bond acceptors (Lipinski definition) is 6. The molecule has 1 saturated heterocycles. The van der Waals surface area contributed by atoms with Gasteiger partial charge in [0.1, 0.15) is 5.75 Å². The molecule has 7 nitrogen and oxygen atoms in total. The molecular weight excluding hydrogens is 607 g/mol. The Labute approximate surface area is 286 Å². The number of ether oxygens (including phenoxy) is 3. The molecule has 47 heavy (non-hydrogen) atoms. The summed E-state index contributed by atoms with van der Waals surface area (Å²) in [4.78, 5) is 15.4. The van der Waals surface area contributed by atoms with Crippen molar-refractivity contribution in [3.8, 4) is 5.75 Å². The largest absolute Gasteiger partial charge is 0.497 e. The second-order valence-electron chi connectivity index (χ2n) is 15.5. The van der Waals surface area contributed by atoms with Crippen LogP contribution in [0.4, 0.5) is 0 Å². The van der Waals surface area contributed by atoms with E-state index in [1.165, 1.54) is 0 Å². The Morgan fingerprint density at radius 1 is 0.979 bits per heavy atom. The van der Waals surface area contributed by atoms with Gasteiger partial charge in [0.2, 0.25) is 5.91 Å². The topological polar surface area (TPSA) is 77.5 Å². The van der Waals surface area contributed by atoms with Crippen molar-refractivity contribution in [3.05, 3.63) is 65.7 Å². The van der Waals surface area contributed by atoms with Crippen LogP contribution in [0, 0.1) is 23.7 Å². The van der Waals surface area contributed by atoms with E-state index < -0.39 is 20.7 Å². The number of aliphatic hydroxyl groups is 1. The number of carbonyl (C=O) groups excluding carboxylic acids is 1. The fourth-order valence-corrected chi connectivity index (χ4v) is 8.23. The number of benzene rings is 2. The fourth-order valence-electron chi connectivity index (χ4n) is 6.74. The van der Waals surface area contributed by atoms with Crippen LogP contribution in [0.2, 0.25) is 18.1 Å². The molecule has 1 fully saturated rings. The zero-order chi connectivity index (χ0) is 35.3. The lowest BCUT2D eigenvalue weighted by molar-refractivity contribution is -0.294. The van der Waals surface area contributed by atoms with Crippen LogP contribution in [0.3, 0.4) is 0 Å². The van der Waals surface area contributed by atoms with Crippen molar-refractivity contribution in [1.82, 2.24) is 4.90 Å². The zero-order valence-corrected chi connectivity index (χ0v) is 32.3. The Kier molecular flexibility index (Phi) is 13.7. The van der Waals surface area contributed by atoms with Gasteiger partial charge in [0, 0.05) is 36.5 Å². The van der Waals surface area contributed by atoms with Crippen molar-refractivity contribution >= 4 is 14.2 Å². The standard InChI is InChI=1S/C39H63NO6Si/c1-14-33(46-47(12,13)39(7,8)9)27(4)36-28(5)35(44-38(45-36)31-20-22-32(43-11)23-21-31)25(2)24-26(3)37(42)40(10)29(6)34(41)30-18-16-15-17-19-30/h15-23,25-29,33-36,38,41H,14,24H2,1-13H3/t25-,26+,27+,28+,29-,33-,34+,35+,36+,38-/m1/s1. The number of amides is 1. The molecule has 2 aromatic carbocycles. The minimum atomic E-state index is -2.01. The van der Waals surface area contributed by atoms with Crippen LogP contribution in [0.5, 0.6) is 5.75 Å². The third kappa shape index (κ3) is 9.47. The SMILES string of the molecule is CC[C@@H](O[Si](C)(C)C(C)(C)C)[C@H](C)[C@@H]1O[C@H](c2ccc(OC)cc2)O[C@@H]([C@H](C)C[C@H](C)C(=O)N(C)[C@H](C)[C@H](O)c2ccccc2)[C@@H]1C. The molecule has 3 rings (SSSR count). The molecule has 0 aliphatic carbocycles. The molecule has 1 aliphatic rings. The third-order valence-electron chi connectivity index (χ3n) is 11.0. The number of likely N-dealkylation sites (N-methyl/N-ethyl adjacent to an activating group) is 1. The van der Waals surface area contributed by atoms with Gasteiger partial charge in [0.05, 0.1) is 31.5 Å². The van der Waals surface area contributed by atoms with E-state index in [0.29, 0.717) is 6.42 Å². The van der Waals surface area contributed by atoms with E-state index in [-0.39, 0.29) is 59.0 Å². The summed E-state index contributed by atoms with van der Waals surface area (Å²) in [5, 5.41) is 11.1. The Morgan fingerprint density at radius 3 is 2.09 bits per heavy atom. The van der Waals surface area contributed by atoms with Gasteiger partial charge in [-0.25, -0.2) is 0 Å². The maximum Gasteiger partial charge on any atom is 0.225 e. The first-order valence-corrected chi connectivity index (χ1v) is 20.5. The van der Waals surface area contributed by atoms with E-state index in [4.69, 9.17) is 18.6 Å². The maximum absolute atomic E-state index is 13.7. The first-order valence-electron chi connectivity index (χ1n) is 17.6. The predicted molar refractivity (Wildman–Crippen MR) is 193 cm³/mol. The van der Waals surface area contributed by atoms with Crippen molar-refractivity contribution in [2.75, 3.05) is 14.2 Å². The highest BCUT2D eigenvalue weighted by Gasteiger charge is 2.47. The smallest absolute Gasteiger partial charge is 0.225 e. The molecule has 1 heterocycles. The minimum Gasteiger partial charge on any atom is -0.497 e. The minimum absolute atomic E-state index is 0.0180. The molecule has 1 N–H and O–H groups in total. The van der Waals surface area contributed by atoms with Gasteiger partial charge in [-0.15, -0.1) is 0 Å². The highest BCUT2D eigenvalue weighted by Crippen LogP contribution is 2.44. The lowest BCUT2D eigenvalue weighted by Gasteiger charge is -2.48. The Balaban J connectivity index is 1.84. The number of rotatable bonds is 14. The average molecular weight is 670 g/mol. The second kappa shape index (κ2) is 16.4. The quantitative estimate of drug-likeness (QED) is 0.203. The average Bonchev–Trinajstić information content (AvgIpc) is 3.05. The van der Waals surface area contributed by atoms with Gasteiger partial charge in [-0.05, 0) is 61.5 Å². The van der Waals surface area contributed by atoms with Gasteiger partial charge in [0.15, 0.2) is 14.6 Å². The Hall–Kier alpha value is -2.23. The molecule has 8 heteroatoms. The molecule has 2 aromatic rings. The molecule has 264 valence electrons. The van der Waals surface area contributed by atoms with Crippen LogP contribution < -0.4 is 4.74 Å². The van der Waals surface area contributed by atoms with Crippen molar-refractivity contribution < 1.29 is 28.5 Å².